The Morgan fingerprint density at radius 3 is 2.39 bits per heavy atom. The first-order valence-corrected chi connectivity index (χ1v) is 9.27. The summed E-state index contributed by atoms with van der Waals surface area (Å²) in [6, 6.07) is 8.58. The van der Waals surface area contributed by atoms with E-state index < -0.39 is 0 Å². The Morgan fingerprint density at radius 2 is 1.74 bits per heavy atom. The molecule has 1 fully saturated rings. The highest BCUT2D eigenvalue weighted by Gasteiger charge is 2.13. The number of rotatable bonds is 8. The summed E-state index contributed by atoms with van der Waals surface area (Å²) in [5.41, 5.74) is 2.52. The first kappa shape index (κ1) is 18.0. The molecule has 1 aromatic rings. The number of benzene rings is 1. The molecule has 128 valence electrons. The topological polar surface area (TPSA) is 33.5 Å². The van der Waals surface area contributed by atoms with E-state index in [1.54, 1.807) is 0 Å². The molecular weight excluding hydrogens is 284 g/mol. The van der Waals surface area contributed by atoms with Gasteiger partial charge in [0.25, 0.3) is 0 Å². The van der Waals surface area contributed by atoms with Gasteiger partial charge in [-0.15, -0.1) is 0 Å². The summed E-state index contributed by atoms with van der Waals surface area (Å²) < 4.78 is 0. The minimum atomic E-state index is 0.197. The van der Waals surface area contributed by atoms with Crippen LogP contribution in [0.3, 0.4) is 0 Å². The summed E-state index contributed by atoms with van der Waals surface area (Å²) in [6.45, 7) is 1.69. The van der Waals surface area contributed by atoms with Gasteiger partial charge in [-0.2, -0.15) is 0 Å². The van der Waals surface area contributed by atoms with Crippen molar-refractivity contribution in [1.29, 1.82) is 0 Å². The highest BCUT2D eigenvalue weighted by molar-refractivity contribution is 5.75. The van der Waals surface area contributed by atoms with Crippen LogP contribution in [0, 0.1) is 5.92 Å². The normalized spacial score (nSPS) is 15.8. The minimum absolute atomic E-state index is 0.197. The number of carbonyl (C=O) groups is 1. The lowest BCUT2D eigenvalue weighted by Crippen LogP contribution is -3.04. The monoisotopic (exact) mass is 317 g/mol. The molecule has 2 rings (SSSR count). The lowest BCUT2D eigenvalue weighted by Gasteiger charge is -2.21. The van der Waals surface area contributed by atoms with Gasteiger partial charge in [0.1, 0.15) is 6.54 Å². The average molecular weight is 317 g/mol. The van der Waals surface area contributed by atoms with E-state index in [0.717, 1.165) is 18.9 Å². The minimum Gasteiger partial charge on any atom is -0.352 e. The van der Waals surface area contributed by atoms with Crippen LogP contribution < -0.4 is 10.2 Å². The van der Waals surface area contributed by atoms with Gasteiger partial charge in [0.15, 0.2) is 0 Å². The number of carbonyl (C=O) groups excluding carboxylic acids is 1. The molecule has 0 saturated heterocycles. The van der Waals surface area contributed by atoms with Gasteiger partial charge in [0, 0.05) is 18.5 Å². The fraction of sp³-hybridized carbons (Fsp3) is 0.650. The van der Waals surface area contributed by atoms with Gasteiger partial charge in [-0.1, -0.05) is 56.4 Å². The molecule has 1 aliphatic carbocycles. The number of nitrogens with one attached hydrogen (secondary N) is 2. The molecule has 0 atom stereocenters. The lowest BCUT2D eigenvalue weighted by molar-refractivity contribution is -0.872. The van der Waals surface area contributed by atoms with Crippen LogP contribution in [0.1, 0.15) is 62.5 Å². The largest absolute Gasteiger partial charge is 0.352 e. The summed E-state index contributed by atoms with van der Waals surface area (Å²) in [5, 5.41) is 3.05. The zero-order valence-corrected chi connectivity index (χ0v) is 14.9. The van der Waals surface area contributed by atoms with E-state index in [1.165, 1.54) is 54.6 Å². The molecule has 2 N–H and O–H groups in total. The van der Waals surface area contributed by atoms with E-state index in [0.29, 0.717) is 13.0 Å². The maximum Gasteiger partial charge on any atom is 0.220 e. The molecule has 0 aliphatic heterocycles. The lowest BCUT2D eigenvalue weighted by atomic mass is 9.86. The maximum absolute atomic E-state index is 12.0. The summed E-state index contributed by atoms with van der Waals surface area (Å²) in [6.07, 6.45) is 9.90. The molecule has 0 aromatic heterocycles. The van der Waals surface area contributed by atoms with Crippen LogP contribution in [0.2, 0.25) is 0 Å². The van der Waals surface area contributed by atoms with Gasteiger partial charge in [-0.05, 0) is 24.3 Å². The van der Waals surface area contributed by atoms with E-state index in [-0.39, 0.29) is 5.91 Å². The van der Waals surface area contributed by atoms with Crippen LogP contribution >= 0.6 is 0 Å². The second-order valence-corrected chi connectivity index (χ2v) is 7.37. The molecule has 23 heavy (non-hydrogen) atoms. The van der Waals surface area contributed by atoms with Crippen LogP contribution in [-0.2, 0) is 17.9 Å². The predicted molar refractivity (Wildman–Crippen MR) is 95.2 cm³/mol. The van der Waals surface area contributed by atoms with E-state index in [9.17, 15) is 4.79 Å². The molecule has 1 saturated carbocycles. The van der Waals surface area contributed by atoms with Crippen molar-refractivity contribution in [2.45, 2.75) is 64.5 Å². The highest BCUT2D eigenvalue weighted by Crippen LogP contribution is 2.27. The second-order valence-electron chi connectivity index (χ2n) is 7.37. The van der Waals surface area contributed by atoms with Gasteiger partial charge in [0.2, 0.25) is 5.91 Å². The summed E-state index contributed by atoms with van der Waals surface area (Å²) in [7, 11) is 4.31. The average Bonchev–Trinajstić information content (AvgIpc) is 2.55. The Morgan fingerprint density at radius 1 is 1.09 bits per heavy atom. The first-order chi connectivity index (χ1) is 11.1. The zero-order valence-electron chi connectivity index (χ0n) is 14.9. The van der Waals surface area contributed by atoms with Crippen molar-refractivity contribution in [1.82, 2.24) is 5.32 Å². The number of hydrogen-bond acceptors (Lipinski definition) is 1. The number of quaternary nitrogens is 1. The summed E-state index contributed by atoms with van der Waals surface area (Å²) in [5.74, 6) is 1.07. The van der Waals surface area contributed by atoms with Crippen molar-refractivity contribution in [3.8, 4) is 0 Å². The Labute approximate surface area is 141 Å². The standard InChI is InChI=1S/C20H32N2O/c1-22(2)16-19-13-11-18(12-14-19)15-21-20(23)10-6-9-17-7-4-3-5-8-17/h11-14,17H,3-10,15-16H2,1-2H3,(H,21,23)/p+1. The molecule has 0 heterocycles. The van der Waals surface area contributed by atoms with Crippen molar-refractivity contribution < 1.29 is 9.69 Å². The third-order valence-corrected chi connectivity index (χ3v) is 4.81. The molecule has 3 heteroatoms. The van der Waals surface area contributed by atoms with Gasteiger partial charge in [0.05, 0.1) is 14.1 Å². The van der Waals surface area contributed by atoms with Gasteiger partial charge >= 0.3 is 0 Å². The molecule has 0 bridgehead atoms. The number of hydrogen-bond donors (Lipinski definition) is 2. The van der Waals surface area contributed by atoms with Gasteiger partial charge in [-0.3, -0.25) is 4.79 Å². The highest BCUT2D eigenvalue weighted by atomic mass is 16.1. The SMILES string of the molecule is C[NH+](C)Cc1ccc(CNC(=O)CCCC2CCCCC2)cc1. The molecule has 0 unspecified atom stereocenters. The molecular formula is C20H33N2O+. The van der Waals surface area contributed by atoms with E-state index in [1.807, 2.05) is 0 Å². The summed E-state index contributed by atoms with van der Waals surface area (Å²) in [4.78, 5) is 13.4. The molecule has 3 nitrogen and oxygen atoms in total. The third-order valence-electron chi connectivity index (χ3n) is 4.81. The molecule has 1 aliphatic rings. The van der Waals surface area contributed by atoms with Crippen molar-refractivity contribution in [3.05, 3.63) is 35.4 Å². The van der Waals surface area contributed by atoms with Crippen molar-refractivity contribution in [2.24, 2.45) is 5.92 Å². The molecule has 1 aromatic carbocycles. The Balaban J connectivity index is 1.61. The Kier molecular flexibility index (Phi) is 7.60. The van der Waals surface area contributed by atoms with Crippen molar-refractivity contribution >= 4 is 5.91 Å². The first-order valence-electron chi connectivity index (χ1n) is 9.27. The van der Waals surface area contributed by atoms with Gasteiger partial charge < -0.3 is 10.2 Å². The third kappa shape index (κ3) is 7.17. The molecule has 0 radical (unpaired) electrons. The predicted octanol–water partition coefficient (Wildman–Crippen LogP) is 2.70. The fourth-order valence-corrected chi connectivity index (χ4v) is 3.50. The van der Waals surface area contributed by atoms with E-state index >= 15 is 0 Å². The smallest absolute Gasteiger partial charge is 0.220 e. The number of amides is 1. The van der Waals surface area contributed by atoms with Crippen LogP contribution in [-0.4, -0.2) is 20.0 Å². The van der Waals surface area contributed by atoms with E-state index in [4.69, 9.17) is 0 Å². The fourth-order valence-electron chi connectivity index (χ4n) is 3.50. The van der Waals surface area contributed by atoms with Crippen LogP contribution in [0.25, 0.3) is 0 Å². The molecule has 1 amide bonds. The van der Waals surface area contributed by atoms with E-state index in [2.05, 4.69) is 43.7 Å². The maximum atomic E-state index is 12.0. The van der Waals surface area contributed by atoms with Crippen LogP contribution in [0.15, 0.2) is 24.3 Å². The second kappa shape index (κ2) is 9.71. The summed E-state index contributed by atoms with van der Waals surface area (Å²) >= 11 is 0. The Bertz CT molecular complexity index is 461. The van der Waals surface area contributed by atoms with Crippen molar-refractivity contribution in [2.75, 3.05) is 14.1 Å². The van der Waals surface area contributed by atoms with Crippen LogP contribution in [0.5, 0.6) is 0 Å². The zero-order chi connectivity index (χ0) is 16.5. The quantitative estimate of drug-likeness (QED) is 0.759. The van der Waals surface area contributed by atoms with Gasteiger partial charge in [-0.25, -0.2) is 0 Å². The van der Waals surface area contributed by atoms with Crippen molar-refractivity contribution in [3.63, 3.8) is 0 Å². The van der Waals surface area contributed by atoms with Crippen LogP contribution in [0.4, 0.5) is 0 Å². The molecule has 0 spiro atoms. The Hall–Kier alpha value is -1.35.